The minimum Gasteiger partial charge on any atom is -0.352 e. The Kier molecular flexibility index (Phi) is 4.87. The van der Waals surface area contributed by atoms with Crippen LogP contribution in [0.25, 0.3) is 0 Å². The number of rotatable bonds is 4. The zero-order valence-electron chi connectivity index (χ0n) is 11.7. The summed E-state index contributed by atoms with van der Waals surface area (Å²) in [4.78, 5) is 12.2. The summed E-state index contributed by atoms with van der Waals surface area (Å²) in [5, 5.41) is 3.06. The second-order valence-electron chi connectivity index (χ2n) is 5.69. The van der Waals surface area contributed by atoms with E-state index >= 15 is 0 Å². The van der Waals surface area contributed by atoms with E-state index in [-0.39, 0.29) is 5.91 Å². The summed E-state index contributed by atoms with van der Waals surface area (Å²) in [6, 6.07) is 5.96. The second-order valence-corrected chi connectivity index (χ2v) is 6.00. The Balaban J connectivity index is 1.94. The number of alkyl halides is 1. The molecule has 2 nitrogen and oxygen atoms in total. The van der Waals surface area contributed by atoms with E-state index in [1.165, 1.54) is 19.3 Å². The number of benzene rings is 1. The van der Waals surface area contributed by atoms with Crippen LogP contribution < -0.4 is 5.32 Å². The minimum atomic E-state index is 0.0343. The molecule has 1 aliphatic rings. The molecule has 0 radical (unpaired) electrons. The maximum atomic E-state index is 12.2. The van der Waals surface area contributed by atoms with E-state index in [4.69, 9.17) is 11.6 Å². The molecular formula is C16H22ClNO. The van der Waals surface area contributed by atoms with Gasteiger partial charge in [-0.25, -0.2) is 0 Å². The maximum absolute atomic E-state index is 12.2. The fourth-order valence-electron chi connectivity index (χ4n) is 3.02. The molecule has 2 rings (SSSR count). The summed E-state index contributed by atoms with van der Waals surface area (Å²) in [5.74, 6) is 1.87. The van der Waals surface area contributed by atoms with Crippen LogP contribution in [0.4, 0.5) is 0 Å². The molecule has 2 atom stereocenters. The van der Waals surface area contributed by atoms with Crippen LogP contribution in [0.5, 0.6) is 0 Å². The highest BCUT2D eigenvalue weighted by atomic mass is 35.5. The number of hydrogen-bond donors (Lipinski definition) is 1. The summed E-state index contributed by atoms with van der Waals surface area (Å²) in [7, 11) is 0. The Hall–Kier alpha value is -1.02. The van der Waals surface area contributed by atoms with E-state index in [1.807, 2.05) is 26.0 Å². The molecule has 2 unspecified atom stereocenters. The fourth-order valence-corrected chi connectivity index (χ4v) is 3.42. The molecule has 1 amide bonds. The third-order valence-corrected chi connectivity index (χ3v) is 4.42. The first-order valence-corrected chi connectivity index (χ1v) is 7.56. The standard InChI is InChI=1S/C16H22ClNO/c1-11-6-12(2)8-15(7-11)16(19)18-10-14-5-3-4-13(14)9-17/h6-8,13-14H,3-5,9-10H2,1-2H3,(H,18,19). The van der Waals surface area contributed by atoms with Crippen molar-refractivity contribution < 1.29 is 4.79 Å². The smallest absolute Gasteiger partial charge is 0.251 e. The third-order valence-electron chi connectivity index (χ3n) is 4.02. The molecule has 3 heteroatoms. The summed E-state index contributed by atoms with van der Waals surface area (Å²) < 4.78 is 0. The number of hydrogen-bond acceptors (Lipinski definition) is 1. The summed E-state index contributed by atoms with van der Waals surface area (Å²) in [6.07, 6.45) is 3.62. The first-order valence-electron chi connectivity index (χ1n) is 7.02. The summed E-state index contributed by atoms with van der Waals surface area (Å²) in [6.45, 7) is 4.79. The van der Waals surface area contributed by atoms with E-state index in [0.29, 0.717) is 17.7 Å². The molecule has 1 aromatic rings. The van der Waals surface area contributed by atoms with Crippen molar-refractivity contribution in [2.45, 2.75) is 33.1 Å². The minimum absolute atomic E-state index is 0.0343. The first-order chi connectivity index (χ1) is 9.10. The average Bonchev–Trinajstić information content (AvgIpc) is 2.82. The predicted molar refractivity (Wildman–Crippen MR) is 79.8 cm³/mol. The number of halogens is 1. The highest BCUT2D eigenvalue weighted by Gasteiger charge is 2.26. The van der Waals surface area contributed by atoms with E-state index in [0.717, 1.165) is 23.2 Å². The van der Waals surface area contributed by atoms with Gasteiger partial charge < -0.3 is 5.32 Å². The van der Waals surface area contributed by atoms with E-state index in [1.54, 1.807) is 0 Å². The molecule has 1 fully saturated rings. The summed E-state index contributed by atoms with van der Waals surface area (Å²) in [5.41, 5.74) is 3.02. The van der Waals surface area contributed by atoms with Crippen molar-refractivity contribution in [3.05, 3.63) is 34.9 Å². The SMILES string of the molecule is Cc1cc(C)cc(C(=O)NCC2CCCC2CCl)c1. The van der Waals surface area contributed by atoms with Crippen LogP contribution in [0.15, 0.2) is 18.2 Å². The van der Waals surface area contributed by atoms with E-state index in [9.17, 15) is 4.79 Å². The van der Waals surface area contributed by atoms with Gasteiger partial charge in [0.05, 0.1) is 0 Å². The first kappa shape index (κ1) is 14.4. The third kappa shape index (κ3) is 3.73. The lowest BCUT2D eigenvalue weighted by Gasteiger charge is -2.17. The van der Waals surface area contributed by atoms with Gasteiger partial charge in [0.1, 0.15) is 0 Å². The monoisotopic (exact) mass is 279 g/mol. The van der Waals surface area contributed by atoms with E-state index in [2.05, 4.69) is 11.4 Å². The van der Waals surface area contributed by atoms with Crippen molar-refractivity contribution >= 4 is 17.5 Å². The Morgan fingerprint density at radius 2 is 1.84 bits per heavy atom. The molecule has 0 heterocycles. The van der Waals surface area contributed by atoms with Crippen molar-refractivity contribution in [2.24, 2.45) is 11.8 Å². The lowest BCUT2D eigenvalue weighted by Crippen LogP contribution is -2.31. The Morgan fingerprint density at radius 3 is 2.47 bits per heavy atom. The number of nitrogens with one attached hydrogen (secondary N) is 1. The van der Waals surface area contributed by atoms with Gasteiger partial charge in [-0.3, -0.25) is 4.79 Å². The highest BCUT2D eigenvalue weighted by Crippen LogP contribution is 2.31. The summed E-state index contributed by atoms with van der Waals surface area (Å²) >= 11 is 5.96. The molecule has 0 aliphatic heterocycles. The van der Waals surface area contributed by atoms with Crippen molar-refractivity contribution in [1.82, 2.24) is 5.32 Å². The normalized spacial score (nSPS) is 22.5. The quantitative estimate of drug-likeness (QED) is 0.837. The zero-order valence-corrected chi connectivity index (χ0v) is 12.5. The van der Waals surface area contributed by atoms with Crippen LogP contribution in [0, 0.1) is 25.7 Å². The van der Waals surface area contributed by atoms with Crippen molar-refractivity contribution in [2.75, 3.05) is 12.4 Å². The van der Waals surface area contributed by atoms with Crippen LogP contribution in [0.2, 0.25) is 0 Å². The van der Waals surface area contributed by atoms with Crippen molar-refractivity contribution in [1.29, 1.82) is 0 Å². The Morgan fingerprint density at radius 1 is 1.21 bits per heavy atom. The molecule has 0 saturated heterocycles. The molecule has 104 valence electrons. The topological polar surface area (TPSA) is 29.1 Å². The molecule has 1 aliphatic carbocycles. The van der Waals surface area contributed by atoms with Crippen LogP contribution >= 0.6 is 11.6 Å². The van der Waals surface area contributed by atoms with Gasteiger partial charge in [-0.15, -0.1) is 11.6 Å². The molecule has 1 aromatic carbocycles. The molecule has 0 bridgehead atoms. The average molecular weight is 280 g/mol. The number of carbonyl (C=O) groups excluding carboxylic acids is 1. The Bertz CT molecular complexity index is 438. The molecule has 19 heavy (non-hydrogen) atoms. The fraction of sp³-hybridized carbons (Fsp3) is 0.562. The largest absolute Gasteiger partial charge is 0.352 e. The van der Waals surface area contributed by atoms with Crippen LogP contribution in [-0.4, -0.2) is 18.3 Å². The van der Waals surface area contributed by atoms with Gasteiger partial charge in [0.2, 0.25) is 0 Å². The highest BCUT2D eigenvalue weighted by molar-refractivity contribution is 6.18. The van der Waals surface area contributed by atoms with Gasteiger partial charge in [0.15, 0.2) is 0 Å². The van der Waals surface area contributed by atoms with Gasteiger partial charge >= 0.3 is 0 Å². The van der Waals surface area contributed by atoms with Crippen LogP contribution in [-0.2, 0) is 0 Å². The maximum Gasteiger partial charge on any atom is 0.251 e. The second kappa shape index (κ2) is 6.42. The number of carbonyl (C=O) groups is 1. The molecule has 1 N–H and O–H groups in total. The zero-order chi connectivity index (χ0) is 13.8. The van der Waals surface area contributed by atoms with E-state index < -0.39 is 0 Å². The van der Waals surface area contributed by atoms with Crippen LogP contribution in [0.1, 0.15) is 40.7 Å². The lowest BCUT2D eigenvalue weighted by atomic mass is 9.98. The van der Waals surface area contributed by atoms with Gasteiger partial charge in [-0.1, -0.05) is 23.6 Å². The number of amides is 1. The molecule has 0 spiro atoms. The molecular weight excluding hydrogens is 258 g/mol. The molecule has 0 aromatic heterocycles. The van der Waals surface area contributed by atoms with Gasteiger partial charge in [0.25, 0.3) is 5.91 Å². The van der Waals surface area contributed by atoms with Gasteiger partial charge in [-0.05, 0) is 50.7 Å². The van der Waals surface area contributed by atoms with Gasteiger partial charge in [0, 0.05) is 18.0 Å². The van der Waals surface area contributed by atoms with Crippen molar-refractivity contribution in [3.63, 3.8) is 0 Å². The van der Waals surface area contributed by atoms with Gasteiger partial charge in [-0.2, -0.15) is 0 Å². The number of aryl methyl sites for hydroxylation is 2. The van der Waals surface area contributed by atoms with Crippen LogP contribution in [0.3, 0.4) is 0 Å². The molecule has 1 saturated carbocycles. The predicted octanol–water partition coefficient (Wildman–Crippen LogP) is 3.69. The lowest BCUT2D eigenvalue weighted by molar-refractivity contribution is 0.0944. The van der Waals surface area contributed by atoms with Crippen molar-refractivity contribution in [3.8, 4) is 0 Å². The Labute approximate surface area is 120 Å².